The van der Waals surface area contributed by atoms with Gasteiger partial charge in [-0.2, -0.15) is 5.10 Å². The van der Waals surface area contributed by atoms with Crippen molar-refractivity contribution in [2.75, 3.05) is 39.3 Å². The third-order valence-corrected chi connectivity index (χ3v) is 3.63. The van der Waals surface area contributed by atoms with E-state index in [9.17, 15) is 0 Å². The fraction of sp³-hybridized carbons (Fsp3) is 0.471. The zero-order valence-corrected chi connectivity index (χ0v) is 14.6. The Morgan fingerprint density at radius 1 is 1.26 bits per heavy atom. The average molecular weight is 318 g/mol. The minimum Gasteiger partial charge on any atom is -0.497 e. The van der Waals surface area contributed by atoms with E-state index in [4.69, 9.17) is 9.47 Å². The van der Waals surface area contributed by atoms with Crippen LogP contribution in [0, 0.1) is 6.92 Å². The summed E-state index contributed by atoms with van der Waals surface area (Å²) in [4.78, 5) is 2.09. The summed E-state index contributed by atoms with van der Waals surface area (Å²) in [5.41, 5.74) is 2.27. The zero-order chi connectivity index (χ0) is 16.8. The van der Waals surface area contributed by atoms with E-state index in [1.165, 1.54) is 5.56 Å². The van der Waals surface area contributed by atoms with Gasteiger partial charge in [-0.3, -0.25) is 4.68 Å². The van der Waals surface area contributed by atoms with Crippen molar-refractivity contribution in [1.82, 2.24) is 15.1 Å². The van der Waals surface area contributed by atoms with Crippen molar-refractivity contribution >= 4 is 5.82 Å². The van der Waals surface area contributed by atoms with Gasteiger partial charge in [0.1, 0.15) is 23.9 Å². The van der Waals surface area contributed by atoms with Crippen LogP contribution in [0.1, 0.15) is 11.3 Å². The number of aromatic nitrogens is 2. The summed E-state index contributed by atoms with van der Waals surface area (Å²) >= 11 is 0. The largest absolute Gasteiger partial charge is 0.497 e. The van der Waals surface area contributed by atoms with Gasteiger partial charge in [-0.25, -0.2) is 0 Å². The van der Waals surface area contributed by atoms with Gasteiger partial charge in [0.15, 0.2) is 0 Å². The molecule has 0 aliphatic heterocycles. The minimum atomic E-state index is 0.601. The van der Waals surface area contributed by atoms with Crippen LogP contribution in [0.3, 0.4) is 0 Å². The van der Waals surface area contributed by atoms with Crippen LogP contribution in [0.15, 0.2) is 24.3 Å². The molecule has 1 aromatic heterocycles. The highest BCUT2D eigenvalue weighted by Gasteiger charge is 2.14. The third-order valence-electron chi connectivity index (χ3n) is 3.63. The van der Waals surface area contributed by atoms with E-state index in [2.05, 4.69) is 15.3 Å². The number of ether oxygens (including phenoxy) is 2. The summed E-state index contributed by atoms with van der Waals surface area (Å²) in [5, 5.41) is 7.90. The summed E-state index contributed by atoms with van der Waals surface area (Å²) in [6, 6.07) is 7.64. The van der Waals surface area contributed by atoms with E-state index >= 15 is 0 Å². The fourth-order valence-corrected chi connectivity index (χ4v) is 2.60. The Kier molecular flexibility index (Phi) is 5.87. The normalized spacial score (nSPS) is 10.7. The molecule has 0 atom stereocenters. The second kappa shape index (κ2) is 7.87. The summed E-state index contributed by atoms with van der Waals surface area (Å²) in [7, 11) is 7.69. The lowest BCUT2D eigenvalue weighted by Gasteiger charge is -2.15. The van der Waals surface area contributed by atoms with Gasteiger partial charge in [0.05, 0.1) is 12.8 Å². The molecule has 1 aromatic carbocycles. The first-order chi connectivity index (χ1) is 11.0. The molecular weight excluding hydrogens is 292 g/mol. The molecule has 0 bridgehead atoms. The minimum absolute atomic E-state index is 0.601. The van der Waals surface area contributed by atoms with Gasteiger partial charge in [-0.1, -0.05) is 6.07 Å². The number of anilines is 1. The standard InChI is InChI=1S/C17H26N4O2/c1-13-16(17(20(2)3)21(4)19-13)12-18-9-10-23-15-8-6-7-14(11-15)22-5/h6-8,11,18H,9-10,12H2,1-5H3. The van der Waals surface area contributed by atoms with Crippen molar-refractivity contribution in [2.24, 2.45) is 7.05 Å². The molecule has 0 amide bonds. The lowest BCUT2D eigenvalue weighted by molar-refractivity contribution is 0.311. The van der Waals surface area contributed by atoms with Crippen molar-refractivity contribution in [2.45, 2.75) is 13.5 Å². The quantitative estimate of drug-likeness (QED) is 0.754. The fourth-order valence-electron chi connectivity index (χ4n) is 2.60. The molecule has 6 heteroatoms. The molecule has 1 heterocycles. The van der Waals surface area contributed by atoms with Gasteiger partial charge in [0, 0.05) is 45.9 Å². The summed E-state index contributed by atoms with van der Waals surface area (Å²) in [6.07, 6.45) is 0. The van der Waals surface area contributed by atoms with E-state index in [0.717, 1.165) is 36.1 Å². The number of hydrogen-bond donors (Lipinski definition) is 1. The third kappa shape index (κ3) is 4.39. The molecule has 0 spiro atoms. The Hall–Kier alpha value is -2.21. The SMILES string of the molecule is COc1cccc(OCCNCc2c(C)nn(C)c2N(C)C)c1. The second-order valence-corrected chi connectivity index (χ2v) is 5.61. The summed E-state index contributed by atoms with van der Waals surface area (Å²) in [6.45, 7) is 4.17. The van der Waals surface area contributed by atoms with E-state index in [0.29, 0.717) is 6.61 Å². The molecule has 0 fully saturated rings. The molecule has 0 unspecified atom stereocenters. The molecule has 0 aliphatic rings. The highest BCUT2D eigenvalue weighted by Crippen LogP contribution is 2.21. The lowest BCUT2D eigenvalue weighted by atomic mass is 10.2. The van der Waals surface area contributed by atoms with Gasteiger partial charge in [0.2, 0.25) is 0 Å². The number of hydrogen-bond acceptors (Lipinski definition) is 5. The molecule has 0 saturated carbocycles. The number of methoxy groups -OCH3 is 1. The zero-order valence-electron chi connectivity index (χ0n) is 14.6. The maximum Gasteiger partial charge on any atom is 0.130 e. The smallest absolute Gasteiger partial charge is 0.130 e. The van der Waals surface area contributed by atoms with Gasteiger partial charge < -0.3 is 19.7 Å². The van der Waals surface area contributed by atoms with Gasteiger partial charge in [-0.15, -0.1) is 0 Å². The summed E-state index contributed by atoms with van der Waals surface area (Å²) in [5.74, 6) is 2.75. The van der Waals surface area contributed by atoms with Crippen LogP contribution in [0.25, 0.3) is 0 Å². The highest BCUT2D eigenvalue weighted by atomic mass is 16.5. The predicted molar refractivity (Wildman–Crippen MR) is 92.5 cm³/mol. The number of nitrogens with one attached hydrogen (secondary N) is 1. The van der Waals surface area contributed by atoms with Crippen molar-refractivity contribution in [3.05, 3.63) is 35.5 Å². The van der Waals surface area contributed by atoms with Crippen LogP contribution in [-0.4, -0.2) is 44.1 Å². The van der Waals surface area contributed by atoms with Crippen LogP contribution in [0.4, 0.5) is 5.82 Å². The average Bonchev–Trinajstić information content (AvgIpc) is 2.81. The van der Waals surface area contributed by atoms with Crippen molar-refractivity contribution in [3.8, 4) is 11.5 Å². The van der Waals surface area contributed by atoms with Crippen LogP contribution in [0.5, 0.6) is 11.5 Å². The lowest BCUT2D eigenvalue weighted by Crippen LogP contribution is -2.23. The summed E-state index contributed by atoms with van der Waals surface area (Å²) < 4.78 is 12.8. The van der Waals surface area contributed by atoms with E-state index in [1.54, 1.807) is 7.11 Å². The maximum absolute atomic E-state index is 5.73. The molecule has 2 aromatic rings. The molecule has 6 nitrogen and oxygen atoms in total. The van der Waals surface area contributed by atoms with E-state index in [-0.39, 0.29) is 0 Å². The second-order valence-electron chi connectivity index (χ2n) is 5.61. The van der Waals surface area contributed by atoms with Crippen LogP contribution >= 0.6 is 0 Å². The molecular formula is C17H26N4O2. The van der Waals surface area contributed by atoms with Gasteiger partial charge in [-0.05, 0) is 19.1 Å². The highest BCUT2D eigenvalue weighted by molar-refractivity contribution is 5.48. The van der Waals surface area contributed by atoms with E-state index < -0.39 is 0 Å². The first-order valence-corrected chi connectivity index (χ1v) is 7.70. The first kappa shape index (κ1) is 17.1. The number of nitrogens with zero attached hydrogens (tertiary/aromatic N) is 3. The van der Waals surface area contributed by atoms with Crippen molar-refractivity contribution in [1.29, 1.82) is 0 Å². The maximum atomic E-state index is 5.73. The molecule has 126 valence electrons. The van der Waals surface area contributed by atoms with Crippen LogP contribution in [0.2, 0.25) is 0 Å². The van der Waals surface area contributed by atoms with Gasteiger partial charge in [0.25, 0.3) is 0 Å². The Morgan fingerprint density at radius 2 is 2.00 bits per heavy atom. The number of aryl methyl sites for hydroxylation is 2. The Bertz CT molecular complexity index is 638. The molecule has 23 heavy (non-hydrogen) atoms. The first-order valence-electron chi connectivity index (χ1n) is 7.70. The van der Waals surface area contributed by atoms with Crippen LogP contribution in [-0.2, 0) is 13.6 Å². The van der Waals surface area contributed by atoms with Crippen molar-refractivity contribution < 1.29 is 9.47 Å². The topological polar surface area (TPSA) is 51.6 Å². The monoisotopic (exact) mass is 318 g/mol. The van der Waals surface area contributed by atoms with Crippen LogP contribution < -0.4 is 19.7 Å². The molecule has 0 saturated heterocycles. The molecule has 2 rings (SSSR count). The Labute approximate surface area is 138 Å². The van der Waals surface area contributed by atoms with E-state index in [1.807, 2.05) is 57.0 Å². The molecule has 1 N–H and O–H groups in total. The predicted octanol–water partition coefficient (Wildman–Crippen LogP) is 1.97. The molecule has 0 radical (unpaired) electrons. The molecule has 0 aliphatic carbocycles. The van der Waals surface area contributed by atoms with Crippen molar-refractivity contribution in [3.63, 3.8) is 0 Å². The Balaban J connectivity index is 1.82. The number of rotatable bonds is 8. The Morgan fingerprint density at radius 3 is 2.70 bits per heavy atom. The van der Waals surface area contributed by atoms with Gasteiger partial charge >= 0.3 is 0 Å². The number of benzene rings is 1.